The fraction of sp³-hybridized carbons (Fsp3) is 1.00. The van der Waals surface area contributed by atoms with Crippen molar-refractivity contribution in [3.8, 4) is 0 Å². The molecule has 0 bridgehead atoms. The molecule has 2 N–H and O–H groups in total. The number of nitrogens with one attached hydrogen (secondary N) is 2. The number of hydrogen-bond donors (Lipinski definition) is 2. The minimum Gasteiger partial charge on any atom is -0.378 e. The molecule has 1 saturated heterocycles. The summed E-state index contributed by atoms with van der Waals surface area (Å²) in [6, 6.07) is 0. The van der Waals surface area contributed by atoms with Gasteiger partial charge in [0.25, 0.3) is 0 Å². The van der Waals surface area contributed by atoms with Crippen molar-refractivity contribution in [3.05, 3.63) is 0 Å². The summed E-state index contributed by atoms with van der Waals surface area (Å²) < 4.78 is 5.47. The molecule has 0 aliphatic carbocycles. The van der Waals surface area contributed by atoms with Crippen LogP contribution in [0.1, 0.15) is 13.3 Å². The predicted molar refractivity (Wildman–Crippen MR) is 50.3 cm³/mol. The maximum atomic E-state index is 5.47. The zero-order chi connectivity index (χ0) is 8.81. The molecule has 72 valence electrons. The molecule has 1 fully saturated rings. The van der Waals surface area contributed by atoms with Gasteiger partial charge in [-0.2, -0.15) is 0 Å². The summed E-state index contributed by atoms with van der Waals surface area (Å²) in [4.78, 5) is 0. The molecule has 0 amide bonds. The van der Waals surface area contributed by atoms with Crippen LogP contribution in [0.25, 0.3) is 0 Å². The summed E-state index contributed by atoms with van der Waals surface area (Å²) >= 11 is 0. The Bertz CT molecular complexity index is 119. The monoisotopic (exact) mass is 172 g/mol. The van der Waals surface area contributed by atoms with Crippen LogP contribution in [0.2, 0.25) is 0 Å². The van der Waals surface area contributed by atoms with Gasteiger partial charge in [0.15, 0.2) is 0 Å². The molecule has 0 aromatic carbocycles. The third kappa shape index (κ3) is 3.09. The van der Waals surface area contributed by atoms with Crippen molar-refractivity contribution in [1.82, 2.24) is 10.6 Å². The van der Waals surface area contributed by atoms with Gasteiger partial charge in [-0.15, -0.1) is 0 Å². The molecule has 0 spiro atoms. The Kier molecular flexibility index (Phi) is 4.58. The Morgan fingerprint density at radius 2 is 2.25 bits per heavy atom. The third-order valence-corrected chi connectivity index (χ3v) is 2.49. The van der Waals surface area contributed by atoms with Gasteiger partial charge < -0.3 is 15.4 Å². The lowest BCUT2D eigenvalue weighted by Gasteiger charge is -2.14. The first-order chi connectivity index (χ1) is 5.84. The average molecular weight is 172 g/mol. The van der Waals surface area contributed by atoms with Gasteiger partial charge in [-0.3, -0.25) is 0 Å². The van der Waals surface area contributed by atoms with E-state index in [4.69, 9.17) is 4.74 Å². The molecule has 1 heterocycles. The van der Waals surface area contributed by atoms with Crippen LogP contribution in [0.5, 0.6) is 0 Å². The van der Waals surface area contributed by atoms with E-state index in [2.05, 4.69) is 17.6 Å². The molecule has 2 unspecified atom stereocenters. The van der Waals surface area contributed by atoms with Gasteiger partial charge >= 0.3 is 0 Å². The Labute approximate surface area is 74.9 Å². The molecule has 0 saturated carbocycles. The number of likely N-dealkylation sites (N-methyl/N-ethyl adjacent to an activating group) is 1. The van der Waals surface area contributed by atoms with Crippen molar-refractivity contribution in [3.63, 3.8) is 0 Å². The smallest absolute Gasteiger partial charge is 0.0588 e. The van der Waals surface area contributed by atoms with Crippen LogP contribution in [0.3, 0.4) is 0 Å². The first-order valence-corrected chi connectivity index (χ1v) is 4.81. The topological polar surface area (TPSA) is 33.3 Å². The van der Waals surface area contributed by atoms with Crippen molar-refractivity contribution >= 4 is 0 Å². The van der Waals surface area contributed by atoms with Gasteiger partial charge in [0.1, 0.15) is 0 Å². The lowest BCUT2D eigenvalue weighted by molar-refractivity contribution is 0.105. The van der Waals surface area contributed by atoms with E-state index in [1.165, 1.54) is 6.42 Å². The van der Waals surface area contributed by atoms with Gasteiger partial charge in [0.05, 0.1) is 6.10 Å². The molecule has 1 aliphatic heterocycles. The fourth-order valence-electron chi connectivity index (χ4n) is 1.54. The van der Waals surface area contributed by atoms with Crippen LogP contribution in [0, 0.1) is 5.92 Å². The minimum absolute atomic E-state index is 0.451. The van der Waals surface area contributed by atoms with Crippen molar-refractivity contribution < 1.29 is 4.74 Å². The second kappa shape index (κ2) is 5.51. The molecular weight excluding hydrogens is 152 g/mol. The summed E-state index contributed by atoms with van der Waals surface area (Å²) in [5.41, 5.74) is 0. The highest BCUT2D eigenvalue weighted by Gasteiger charge is 2.23. The normalized spacial score (nSPS) is 29.5. The highest BCUT2D eigenvalue weighted by Crippen LogP contribution is 2.18. The number of hydrogen-bond acceptors (Lipinski definition) is 3. The van der Waals surface area contributed by atoms with Crippen molar-refractivity contribution in [2.75, 3.05) is 33.3 Å². The standard InChI is InChI=1S/C9H20N2O/c1-8-9(3-6-12-8)7-11-5-4-10-2/h8-11H,3-7H2,1-2H3. The van der Waals surface area contributed by atoms with Crippen molar-refractivity contribution in [2.45, 2.75) is 19.4 Å². The lowest BCUT2D eigenvalue weighted by atomic mass is 10.0. The maximum Gasteiger partial charge on any atom is 0.0588 e. The van der Waals surface area contributed by atoms with Crippen LogP contribution < -0.4 is 10.6 Å². The molecule has 3 heteroatoms. The summed E-state index contributed by atoms with van der Waals surface area (Å²) in [6.45, 7) is 6.31. The highest BCUT2D eigenvalue weighted by molar-refractivity contribution is 4.74. The predicted octanol–water partition coefficient (Wildman–Crippen LogP) is 0.220. The molecule has 1 aliphatic rings. The van der Waals surface area contributed by atoms with Gasteiger partial charge in [-0.25, -0.2) is 0 Å². The van der Waals surface area contributed by atoms with Gasteiger partial charge in [0.2, 0.25) is 0 Å². The van der Waals surface area contributed by atoms with Crippen LogP contribution in [0.4, 0.5) is 0 Å². The Balaban J connectivity index is 1.98. The number of ether oxygens (including phenoxy) is 1. The molecule has 3 nitrogen and oxygen atoms in total. The minimum atomic E-state index is 0.451. The second-order valence-corrected chi connectivity index (χ2v) is 3.43. The molecular formula is C9H20N2O. The lowest BCUT2D eigenvalue weighted by Crippen LogP contribution is -2.31. The van der Waals surface area contributed by atoms with Crippen LogP contribution in [-0.4, -0.2) is 39.4 Å². The largest absolute Gasteiger partial charge is 0.378 e. The first-order valence-electron chi connectivity index (χ1n) is 4.81. The second-order valence-electron chi connectivity index (χ2n) is 3.43. The SMILES string of the molecule is CNCCNCC1CCOC1C. The van der Waals surface area contributed by atoms with E-state index in [-0.39, 0.29) is 0 Å². The average Bonchev–Trinajstić information content (AvgIpc) is 2.46. The van der Waals surface area contributed by atoms with E-state index < -0.39 is 0 Å². The molecule has 12 heavy (non-hydrogen) atoms. The van der Waals surface area contributed by atoms with E-state index in [1.54, 1.807) is 0 Å². The van der Waals surface area contributed by atoms with Crippen LogP contribution in [-0.2, 0) is 4.74 Å². The maximum absolute atomic E-state index is 5.47. The van der Waals surface area contributed by atoms with E-state index in [1.807, 2.05) is 7.05 Å². The first kappa shape index (κ1) is 9.96. The zero-order valence-corrected chi connectivity index (χ0v) is 8.10. The highest BCUT2D eigenvalue weighted by atomic mass is 16.5. The Morgan fingerprint density at radius 3 is 2.83 bits per heavy atom. The van der Waals surface area contributed by atoms with E-state index >= 15 is 0 Å². The summed E-state index contributed by atoms with van der Waals surface area (Å²) in [5.74, 6) is 0.724. The molecule has 0 aromatic rings. The molecule has 1 rings (SSSR count). The molecule has 0 aromatic heterocycles. The summed E-state index contributed by atoms with van der Waals surface area (Å²) in [5, 5.41) is 6.53. The Hall–Kier alpha value is -0.120. The Morgan fingerprint density at radius 1 is 1.42 bits per heavy atom. The third-order valence-electron chi connectivity index (χ3n) is 2.49. The quantitative estimate of drug-likeness (QED) is 0.582. The molecule has 2 atom stereocenters. The van der Waals surface area contributed by atoms with E-state index in [0.29, 0.717) is 6.10 Å². The van der Waals surface area contributed by atoms with Gasteiger partial charge in [-0.05, 0) is 26.3 Å². The summed E-state index contributed by atoms with van der Waals surface area (Å²) in [6.07, 6.45) is 1.67. The van der Waals surface area contributed by atoms with Crippen molar-refractivity contribution in [1.29, 1.82) is 0 Å². The molecule has 0 radical (unpaired) electrons. The van der Waals surface area contributed by atoms with Gasteiger partial charge in [-0.1, -0.05) is 0 Å². The van der Waals surface area contributed by atoms with E-state index in [9.17, 15) is 0 Å². The zero-order valence-electron chi connectivity index (χ0n) is 8.10. The summed E-state index contributed by atoms with van der Waals surface area (Å²) in [7, 11) is 1.98. The van der Waals surface area contributed by atoms with Crippen LogP contribution >= 0.6 is 0 Å². The van der Waals surface area contributed by atoms with Crippen molar-refractivity contribution in [2.24, 2.45) is 5.92 Å². The van der Waals surface area contributed by atoms with E-state index in [0.717, 1.165) is 32.2 Å². The fourth-order valence-corrected chi connectivity index (χ4v) is 1.54. The number of rotatable bonds is 5. The van der Waals surface area contributed by atoms with Gasteiger partial charge in [0, 0.05) is 26.2 Å². The van der Waals surface area contributed by atoms with Crippen LogP contribution in [0.15, 0.2) is 0 Å².